The first-order valence-corrected chi connectivity index (χ1v) is 10.6. The Morgan fingerprint density at radius 3 is 2.21 bits per heavy atom. The van der Waals surface area contributed by atoms with Crippen molar-refractivity contribution in [1.82, 2.24) is 0 Å². The number of benzene rings is 2. The molecule has 0 saturated heterocycles. The summed E-state index contributed by atoms with van der Waals surface area (Å²) in [5.41, 5.74) is 5.82. The molecule has 0 spiro atoms. The van der Waals surface area contributed by atoms with Crippen molar-refractivity contribution in [3.63, 3.8) is 0 Å². The number of phenols is 1. The van der Waals surface area contributed by atoms with Crippen LogP contribution in [-0.2, 0) is 16.6 Å². The molecule has 1 N–H and O–H groups in total. The zero-order chi connectivity index (χ0) is 20.7. The monoisotopic (exact) mass is 378 g/mol. The molecule has 0 aliphatic carbocycles. The van der Waals surface area contributed by atoms with Gasteiger partial charge in [-0.2, -0.15) is 0 Å². The van der Waals surface area contributed by atoms with Crippen molar-refractivity contribution in [3.8, 4) is 5.75 Å². The molecule has 0 saturated carbocycles. The standard InChI is InChI=1S/C26H34O2/c1-6-10-21-18-23(13-11-20(21)12-15-24(27)7-2)26(8-3,9-4)22-14-16-25(28)19(5)17-22/h11-18,28H,6-10H2,1-5H3. The molecular formula is C26H34O2. The van der Waals surface area contributed by atoms with Crippen LogP contribution in [0.15, 0.2) is 42.5 Å². The lowest BCUT2D eigenvalue weighted by Crippen LogP contribution is -2.26. The summed E-state index contributed by atoms with van der Waals surface area (Å²) in [7, 11) is 0. The van der Waals surface area contributed by atoms with Gasteiger partial charge in [-0.05, 0) is 66.1 Å². The number of carbonyl (C=O) groups is 1. The first-order valence-electron chi connectivity index (χ1n) is 10.6. The molecule has 0 heterocycles. The van der Waals surface area contributed by atoms with Gasteiger partial charge in [0, 0.05) is 11.8 Å². The summed E-state index contributed by atoms with van der Waals surface area (Å²) in [5, 5.41) is 9.96. The topological polar surface area (TPSA) is 37.3 Å². The minimum Gasteiger partial charge on any atom is -0.508 e. The normalized spacial score (nSPS) is 11.9. The molecule has 0 aromatic heterocycles. The van der Waals surface area contributed by atoms with Gasteiger partial charge < -0.3 is 5.11 Å². The maximum atomic E-state index is 11.7. The third-order valence-electron chi connectivity index (χ3n) is 5.97. The molecule has 0 aliphatic rings. The lowest BCUT2D eigenvalue weighted by atomic mass is 9.69. The van der Waals surface area contributed by atoms with Gasteiger partial charge in [-0.3, -0.25) is 4.79 Å². The van der Waals surface area contributed by atoms with Crippen LogP contribution < -0.4 is 0 Å². The molecule has 2 nitrogen and oxygen atoms in total. The maximum Gasteiger partial charge on any atom is 0.155 e. The molecule has 0 fully saturated rings. The van der Waals surface area contributed by atoms with E-state index < -0.39 is 0 Å². The highest BCUT2D eigenvalue weighted by molar-refractivity contribution is 5.93. The van der Waals surface area contributed by atoms with E-state index in [1.165, 1.54) is 16.7 Å². The van der Waals surface area contributed by atoms with Crippen LogP contribution in [-0.4, -0.2) is 10.9 Å². The molecule has 0 bridgehead atoms. The Labute approximate surface area is 170 Å². The van der Waals surface area contributed by atoms with E-state index in [0.717, 1.165) is 36.8 Å². The molecule has 0 atom stereocenters. The van der Waals surface area contributed by atoms with Crippen LogP contribution in [0, 0.1) is 6.92 Å². The smallest absolute Gasteiger partial charge is 0.155 e. The second-order valence-corrected chi connectivity index (χ2v) is 7.61. The van der Waals surface area contributed by atoms with E-state index in [1.54, 1.807) is 6.08 Å². The predicted molar refractivity (Wildman–Crippen MR) is 119 cm³/mol. The molecule has 28 heavy (non-hydrogen) atoms. The van der Waals surface area contributed by atoms with Gasteiger partial charge in [0.05, 0.1) is 0 Å². The van der Waals surface area contributed by atoms with E-state index in [9.17, 15) is 9.90 Å². The summed E-state index contributed by atoms with van der Waals surface area (Å²) in [4.78, 5) is 11.7. The van der Waals surface area contributed by atoms with Gasteiger partial charge in [0.2, 0.25) is 0 Å². The Hall–Kier alpha value is -2.35. The van der Waals surface area contributed by atoms with Crippen LogP contribution in [0.2, 0.25) is 0 Å². The SMILES string of the molecule is CCCc1cc(C(CC)(CC)c2ccc(O)c(C)c2)ccc1C=CC(=O)CC. The maximum absolute atomic E-state index is 11.7. The molecule has 2 aromatic carbocycles. The quantitative estimate of drug-likeness (QED) is 0.490. The summed E-state index contributed by atoms with van der Waals surface area (Å²) in [5.74, 6) is 0.500. The van der Waals surface area contributed by atoms with Crippen LogP contribution in [0.1, 0.15) is 81.2 Å². The van der Waals surface area contributed by atoms with E-state index in [4.69, 9.17) is 0 Å². The molecule has 0 unspecified atom stereocenters. The van der Waals surface area contributed by atoms with Crippen molar-refractivity contribution in [2.45, 2.75) is 72.1 Å². The number of hydrogen-bond donors (Lipinski definition) is 1. The number of rotatable bonds is 9. The minimum absolute atomic E-state index is 0.0809. The van der Waals surface area contributed by atoms with Crippen molar-refractivity contribution in [3.05, 3.63) is 70.3 Å². The molecule has 150 valence electrons. The van der Waals surface area contributed by atoms with E-state index >= 15 is 0 Å². The summed E-state index contributed by atoms with van der Waals surface area (Å²) in [6.07, 6.45) is 8.23. The highest BCUT2D eigenvalue weighted by Crippen LogP contribution is 2.41. The lowest BCUT2D eigenvalue weighted by Gasteiger charge is -2.34. The van der Waals surface area contributed by atoms with Gasteiger partial charge in [0.1, 0.15) is 5.75 Å². The second-order valence-electron chi connectivity index (χ2n) is 7.61. The lowest BCUT2D eigenvalue weighted by molar-refractivity contribution is -0.114. The molecule has 2 aromatic rings. The second kappa shape index (κ2) is 9.73. The average Bonchev–Trinajstić information content (AvgIpc) is 2.71. The molecule has 2 heteroatoms. The van der Waals surface area contributed by atoms with Gasteiger partial charge in [-0.25, -0.2) is 0 Å². The Morgan fingerprint density at radius 1 is 1.00 bits per heavy atom. The Balaban J connectivity index is 2.58. The summed E-state index contributed by atoms with van der Waals surface area (Å²) < 4.78 is 0. The van der Waals surface area contributed by atoms with Gasteiger partial charge in [0.15, 0.2) is 5.78 Å². The first kappa shape index (κ1) is 21.9. The molecule has 2 rings (SSSR count). The number of ketones is 1. The third-order valence-corrected chi connectivity index (χ3v) is 5.97. The summed E-state index contributed by atoms with van der Waals surface area (Å²) in [6.45, 7) is 10.5. The van der Waals surface area contributed by atoms with E-state index in [1.807, 2.05) is 26.0 Å². The van der Waals surface area contributed by atoms with Gasteiger partial charge in [-0.1, -0.05) is 70.5 Å². The highest BCUT2D eigenvalue weighted by atomic mass is 16.3. The van der Waals surface area contributed by atoms with Crippen LogP contribution in [0.4, 0.5) is 0 Å². The average molecular weight is 379 g/mol. The van der Waals surface area contributed by atoms with Crippen molar-refractivity contribution in [1.29, 1.82) is 0 Å². The van der Waals surface area contributed by atoms with Crippen LogP contribution in [0.5, 0.6) is 5.75 Å². The zero-order valence-corrected chi connectivity index (χ0v) is 18.0. The van der Waals surface area contributed by atoms with Crippen LogP contribution >= 0.6 is 0 Å². The molecule has 0 radical (unpaired) electrons. The number of allylic oxidation sites excluding steroid dienone is 1. The number of carbonyl (C=O) groups excluding carboxylic acids is 1. The fraction of sp³-hybridized carbons (Fsp3) is 0.423. The highest BCUT2D eigenvalue weighted by Gasteiger charge is 2.31. The Morgan fingerprint density at radius 2 is 1.64 bits per heavy atom. The Kier molecular flexibility index (Phi) is 7.62. The van der Waals surface area contributed by atoms with E-state index in [0.29, 0.717) is 12.2 Å². The first-order chi connectivity index (χ1) is 13.4. The molecular weight excluding hydrogens is 344 g/mol. The summed E-state index contributed by atoms with van der Waals surface area (Å²) >= 11 is 0. The van der Waals surface area contributed by atoms with Crippen molar-refractivity contribution in [2.75, 3.05) is 0 Å². The largest absolute Gasteiger partial charge is 0.508 e. The van der Waals surface area contributed by atoms with Crippen molar-refractivity contribution in [2.24, 2.45) is 0 Å². The van der Waals surface area contributed by atoms with Gasteiger partial charge in [-0.15, -0.1) is 0 Å². The minimum atomic E-state index is -0.0809. The third kappa shape index (κ3) is 4.55. The number of hydrogen-bond acceptors (Lipinski definition) is 2. The van der Waals surface area contributed by atoms with Crippen LogP contribution in [0.25, 0.3) is 6.08 Å². The fourth-order valence-corrected chi connectivity index (χ4v) is 4.04. The van der Waals surface area contributed by atoms with Gasteiger partial charge >= 0.3 is 0 Å². The van der Waals surface area contributed by atoms with Gasteiger partial charge in [0.25, 0.3) is 0 Å². The Bertz CT molecular complexity index is 842. The molecule has 0 amide bonds. The van der Waals surface area contributed by atoms with Crippen molar-refractivity contribution < 1.29 is 9.90 Å². The fourth-order valence-electron chi connectivity index (χ4n) is 4.04. The number of phenolic OH excluding ortho intramolecular Hbond substituents is 1. The molecule has 0 aliphatic heterocycles. The van der Waals surface area contributed by atoms with Crippen molar-refractivity contribution >= 4 is 11.9 Å². The van der Waals surface area contributed by atoms with E-state index in [-0.39, 0.29) is 11.2 Å². The van der Waals surface area contributed by atoms with E-state index in [2.05, 4.69) is 51.1 Å². The number of aromatic hydroxyl groups is 1. The predicted octanol–water partition coefficient (Wildman–Crippen LogP) is 6.75. The zero-order valence-electron chi connectivity index (χ0n) is 18.0. The number of aryl methyl sites for hydroxylation is 2. The summed E-state index contributed by atoms with van der Waals surface area (Å²) in [6, 6.07) is 12.7. The van der Waals surface area contributed by atoms with Crippen LogP contribution in [0.3, 0.4) is 0 Å².